The van der Waals surface area contributed by atoms with Crippen molar-refractivity contribution in [3.63, 3.8) is 0 Å². The quantitative estimate of drug-likeness (QED) is 0.744. The number of nitrogens with zero attached hydrogens (tertiary/aromatic N) is 1. The Bertz CT molecular complexity index is 150. The molecule has 0 heterocycles. The van der Waals surface area contributed by atoms with E-state index in [0.29, 0.717) is 0 Å². The van der Waals surface area contributed by atoms with Crippen molar-refractivity contribution in [2.24, 2.45) is 0 Å². The molecule has 13 heavy (non-hydrogen) atoms. The van der Waals surface area contributed by atoms with E-state index in [0.717, 1.165) is 0 Å². The van der Waals surface area contributed by atoms with Crippen molar-refractivity contribution >= 4 is 0 Å². The largest absolute Gasteiger partial charge is 0.390 e. The van der Waals surface area contributed by atoms with Gasteiger partial charge in [-0.3, -0.25) is 0 Å². The zero-order valence-corrected chi connectivity index (χ0v) is 8.15. The summed E-state index contributed by atoms with van der Waals surface area (Å²) in [4.78, 5) is 1.47. The highest BCUT2D eigenvalue weighted by atomic mass is 19.4. The average Bonchev–Trinajstić information content (AvgIpc) is 1.78. The van der Waals surface area contributed by atoms with E-state index < -0.39 is 18.2 Å². The van der Waals surface area contributed by atoms with Crippen molar-refractivity contribution in [1.29, 1.82) is 0 Å². The maximum absolute atomic E-state index is 11.8. The summed E-state index contributed by atoms with van der Waals surface area (Å²) in [6.07, 6.45) is -4.95. The lowest BCUT2D eigenvalue weighted by atomic mass is 10.1. The molecule has 0 aromatic rings. The molecule has 0 saturated heterocycles. The van der Waals surface area contributed by atoms with Gasteiger partial charge in [-0.05, 0) is 20.9 Å². The van der Waals surface area contributed by atoms with Gasteiger partial charge in [0.05, 0.1) is 12.0 Å². The Morgan fingerprint density at radius 3 is 2.00 bits per heavy atom. The van der Waals surface area contributed by atoms with Gasteiger partial charge in [0.2, 0.25) is 0 Å². The molecular formula is C8H16F3NO. The van der Waals surface area contributed by atoms with Crippen LogP contribution in [0.25, 0.3) is 0 Å². The van der Waals surface area contributed by atoms with Crippen molar-refractivity contribution in [2.75, 3.05) is 20.1 Å². The van der Waals surface area contributed by atoms with Gasteiger partial charge in [-0.15, -0.1) is 0 Å². The molecule has 0 amide bonds. The molecule has 0 bridgehead atoms. The van der Waals surface area contributed by atoms with Gasteiger partial charge in [-0.25, -0.2) is 0 Å². The van der Waals surface area contributed by atoms with Gasteiger partial charge in [0.1, 0.15) is 0 Å². The molecule has 0 fully saturated rings. The molecule has 0 aromatic heterocycles. The van der Waals surface area contributed by atoms with Crippen molar-refractivity contribution in [3.8, 4) is 0 Å². The van der Waals surface area contributed by atoms with E-state index in [-0.39, 0.29) is 13.1 Å². The number of halogens is 3. The summed E-state index contributed by atoms with van der Waals surface area (Å²) in [5.41, 5.74) is -0.944. The zero-order chi connectivity index (χ0) is 10.7. The molecule has 1 N–H and O–H groups in total. The molecule has 2 nitrogen and oxygen atoms in total. The second kappa shape index (κ2) is 4.28. The van der Waals surface area contributed by atoms with Gasteiger partial charge >= 0.3 is 6.18 Å². The van der Waals surface area contributed by atoms with E-state index in [1.807, 2.05) is 0 Å². The van der Waals surface area contributed by atoms with Crippen LogP contribution >= 0.6 is 0 Å². The first kappa shape index (κ1) is 12.7. The molecule has 0 atom stereocenters. The summed E-state index contributed by atoms with van der Waals surface area (Å²) in [5, 5.41) is 9.29. The summed E-state index contributed by atoms with van der Waals surface area (Å²) in [7, 11) is 1.56. The fourth-order valence-corrected chi connectivity index (χ4v) is 1.06. The average molecular weight is 199 g/mol. The lowest BCUT2D eigenvalue weighted by Crippen LogP contribution is -2.37. The van der Waals surface area contributed by atoms with E-state index in [4.69, 9.17) is 0 Å². The van der Waals surface area contributed by atoms with Crippen molar-refractivity contribution in [1.82, 2.24) is 4.90 Å². The fraction of sp³-hybridized carbons (Fsp3) is 1.00. The summed E-state index contributed by atoms with van der Waals surface area (Å²) in [6, 6.07) is 0. The Kier molecular flexibility index (Phi) is 4.19. The molecule has 0 unspecified atom stereocenters. The van der Waals surface area contributed by atoms with Crippen LogP contribution in [-0.2, 0) is 0 Å². The van der Waals surface area contributed by atoms with Crippen LogP contribution in [0.4, 0.5) is 13.2 Å². The van der Waals surface area contributed by atoms with Gasteiger partial charge in [0.25, 0.3) is 0 Å². The molecule has 0 aliphatic rings. The highest BCUT2D eigenvalue weighted by Crippen LogP contribution is 2.19. The minimum atomic E-state index is -4.12. The number of alkyl halides is 3. The number of likely N-dealkylation sites (N-methyl/N-ethyl adjacent to an activating group) is 1. The van der Waals surface area contributed by atoms with Gasteiger partial charge < -0.3 is 10.0 Å². The van der Waals surface area contributed by atoms with Crippen LogP contribution in [0.5, 0.6) is 0 Å². The van der Waals surface area contributed by atoms with Crippen molar-refractivity contribution in [3.05, 3.63) is 0 Å². The first-order valence-corrected chi connectivity index (χ1v) is 4.08. The number of aliphatic hydroxyl groups is 1. The summed E-state index contributed by atoms with van der Waals surface area (Å²) >= 11 is 0. The molecule has 0 saturated carbocycles. The van der Waals surface area contributed by atoms with Crippen molar-refractivity contribution < 1.29 is 18.3 Å². The van der Waals surface area contributed by atoms with Gasteiger partial charge in [-0.2, -0.15) is 13.2 Å². The predicted molar refractivity (Wildman–Crippen MR) is 44.5 cm³/mol. The minimum absolute atomic E-state index is 0.0759. The Labute approximate surface area is 76.3 Å². The van der Waals surface area contributed by atoms with Gasteiger partial charge in [0.15, 0.2) is 0 Å². The standard InChI is InChI=1S/C8H16F3NO/c1-7(2,13)6-12(3)5-4-8(9,10)11/h13H,4-6H2,1-3H3. The molecule has 0 aliphatic heterocycles. The zero-order valence-electron chi connectivity index (χ0n) is 8.15. The monoisotopic (exact) mass is 199 g/mol. The third kappa shape index (κ3) is 9.63. The second-order valence-corrected chi connectivity index (χ2v) is 3.92. The molecule has 80 valence electrons. The van der Waals surface area contributed by atoms with E-state index >= 15 is 0 Å². The number of hydrogen-bond acceptors (Lipinski definition) is 2. The SMILES string of the molecule is CN(CCC(F)(F)F)CC(C)(C)O. The molecule has 0 spiro atoms. The van der Waals surface area contributed by atoms with Crippen LogP contribution < -0.4 is 0 Å². The van der Waals surface area contributed by atoms with E-state index in [1.54, 1.807) is 20.9 Å². The van der Waals surface area contributed by atoms with Crippen molar-refractivity contribution in [2.45, 2.75) is 32.0 Å². The number of hydrogen-bond donors (Lipinski definition) is 1. The molecule has 0 rings (SSSR count). The van der Waals surface area contributed by atoms with Crippen LogP contribution in [0.15, 0.2) is 0 Å². The first-order chi connectivity index (χ1) is 5.60. The third-order valence-electron chi connectivity index (χ3n) is 1.43. The maximum atomic E-state index is 11.8. The minimum Gasteiger partial charge on any atom is -0.389 e. The topological polar surface area (TPSA) is 23.5 Å². The second-order valence-electron chi connectivity index (χ2n) is 3.92. The Hall–Kier alpha value is -0.290. The Morgan fingerprint density at radius 1 is 1.23 bits per heavy atom. The smallest absolute Gasteiger partial charge is 0.389 e. The van der Waals surface area contributed by atoms with Crippen LogP contribution in [0, 0.1) is 0 Å². The van der Waals surface area contributed by atoms with E-state index in [2.05, 4.69) is 0 Å². The fourth-order valence-electron chi connectivity index (χ4n) is 1.06. The lowest BCUT2D eigenvalue weighted by Gasteiger charge is -2.25. The molecule has 5 heteroatoms. The van der Waals surface area contributed by atoms with E-state index in [1.165, 1.54) is 4.90 Å². The van der Waals surface area contributed by atoms with Crippen LogP contribution in [-0.4, -0.2) is 41.9 Å². The summed E-state index contributed by atoms with van der Waals surface area (Å²) < 4.78 is 35.3. The highest BCUT2D eigenvalue weighted by Gasteiger charge is 2.27. The highest BCUT2D eigenvalue weighted by molar-refractivity contribution is 4.70. The van der Waals surface area contributed by atoms with Crippen LogP contribution in [0.2, 0.25) is 0 Å². The van der Waals surface area contributed by atoms with Crippen LogP contribution in [0.3, 0.4) is 0 Å². The van der Waals surface area contributed by atoms with Crippen LogP contribution in [0.1, 0.15) is 20.3 Å². The predicted octanol–water partition coefficient (Wildman–Crippen LogP) is 1.64. The lowest BCUT2D eigenvalue weighted by molar-refractivity contribution is -0.138. The summed E-state index contributed by atoms with van der Waals surface area (Å²) in [5.74, 6) is 0. The first-order valence-electron chi connectivity index (χ1n) is 4.08. The normalized spacial score (nSPS) is 13.8. The Balaban J connectivity index is 3.70. The summed E-state index contributed by atoms with van der Waals surface area (Å²) in [6.45, 7) is 3.30. The molecular weight excluding hydrogens is 183 g/mol. The molecule has 0 radical (unpaired) electrons. The molecule has 0 aliphatic carbocycles. The van der Waals surface area contributed by atoms with E-state index in [9.17, 15) is 18.3 Å². The number of rotatable bonds is 4. The van der Waals surface area contributed by atoms with Gasteiger partial charge in [-0.1, -0.05) is 0 Å². The maximum Gasteiger partial charge on any atom is 0.390 e. The Morgan fingerprint density at radius 2 is 1.69 bits per heavy atom. The van der Waals surface area contributed by atoms with Gasteiger partial charge in [0, 0.05) is 13.1 Å². The third-order valence-corrected chi connectivity index (χ3v) is 1.43. The molecule has 0 aromatic carbocycles.